The van der Waals surface area contributed by atoms with Gasteiger partial charge >= 0.3 is 39.5 Å². The Labute approximate surface area is 581 Å². The molecule has 0 saturated heterocycles. The highest BCUT2D eigenvalue weighted by atomic mass is 31.2. The van der Waals surface area contributed by atoms with Gasteiger partial charge in [0.1, 0.15) is 19.3 Å². The Morgan fingerprint density at radius 2 is 0.537 bits per heavy atom. The van der Waals surface area contributed by atoms with E-state index in [-0.39, 0.29) is 25.7 Å². The average molecular weight is 1400 g/mol. The number of phosphoric acid groups is 2. The zero-order valence-electron chi connectivity index (χ0n) is 62.1. The number of carbonyl (C=O) groups excluding carboxylic acids is 4. The van der Waals surface area contributed by atoms with Gasteiger partial charge in [-0.1, -0.05) is 337 Å². The maximum Gasteiger partial charge on any atom is 0.472 e. The molecule has 0 aromatic heterocycles. The van der Waals surface area contributed by atoms with E-state index < -0.39 is 97.5 Å². The molecule has 95 heavy (non-hydrogen) atoms. The molecule has 0 radical (unpaired) electrons. The molecule has 0 bridgehead atoms. The number of phosphoric ester groups is 2. The van der Waals surface area contributed by atoms with Crippen molar-refractivity contribution in [2.24, 2.45) is 17.8 Å². The van der Waals surface area contributed by atoms with Crippen molar-refractivity contribution in [3.8, 4) is 0 Å². The quantitative estimate of drug-likeness (QED) is 0.0222. The molecule has 0 amide bonds. The van der Waals surface area contributed by atoms with Crippen molar-refractivity contribution in [1.29, 1.82) is 0 Å². The lowest BCUT2D eigenvalue weighted by Gasteiger charge is -2.21. The third-order valence-electron chi connectivity index (χ3n) is 18.0. The molecule has 0 aliphatic carbocycles. The molecule has 564 valence electrons. The molecule has 0 aromatic carbocycles. The number of hydrogen-bond acceptors (Lipinski definition) is 15. The number of aliphatic hydroxyl groups is 1. The van der Waals surface area contributed by atoms with Gasteiger partial charge in [-0.15, -0.1) is 0 Å². The minimum Gasteiger partial charge on any atom is -0.462 e. The first-order valence-corrected chi connectivity index (χ1v) is 42.4. The van der Waals surface area contributed by atoms with Crippen molar-refractivity contribution < 1.29 is 80.2 Å². The second-order valence-corrected chi connectivity index (χ2v) is 31.5. The molecule has 0 aliphatic rings. The third-order valence-corrected chi connectivity index (χ3v) is 19.9. The average Bonchev–Trinajstić information content (AvgIpc) is 2.83. The fourth-order valence-electron chi connectivity index (χ4n) is 11.6. The van der Waals surface area contributed by atoms with E-state index in [1.54, 1.807) is 0 Å². The summed E-state index contributed by atoms with van der Waals surface area (Å²) in [5, 5.41) is 10.6. The zero-order valence-corrected chi connectivity index (χ0v) is 63.9. The van der Waals surface area contributed by atoms with Gasteiger partial charge < -0.3 is 33.8 Å². The van der Waals surface area contributed by atoms with Crippen LogP contribution in [0.25, 0.3) is 0 Å². The lowest BCUT2D eigenvalue weighted by atomic mass is 9.99. The molecule has 0 rings (SSSR count). The standard InChI is InChI=1S/C76H148O17P2/c1-8-10-11-12-33-43-50-57-73(78)86-63-71(92-76(81)60-53-46-39-32-26-25-29-36-42-49-56-69(7)9-2)65-90-94(82,83)88-61-70(77)62-89-95(84,85)91-66-72(64-87-74(79)58-51-44-37-30-23-20-19-22-28-35-41-48-55-68(5)6)93-75(80)59-52-45-38-31-24-18-16-14-13-15-17-21-27-34-40-47-54-67(3)4/h67-72,77H,8-66H2,1-7H3,(H,82,83)(H,84,85)/t69?,70-,71+,72+/m0/s1. The predicted octanol–water partition coefficient (Wildman–Crippen LogP) is 22.2. The Kier molecular flexibility index (Phi) is 65.2. The summed E-state index contributed by atoms with van der Waals surface area (Å²) in [7, 11) is -9.91. The summed E-state index contributed by atoms with van der Waals surface area (Å²) >= 11 is 0. The highest BCUT2D eigenvalue weighted by Crippen LogP contribution is 2.45. The SMILES string of the molecule is CCCCCCCCCC(=O)OC[C@H](COP(=O)(O)OC[C@H](O)COP(=O)(O)OC[C@@H](COC(=O)CCCCCCCCCCCCCCC(C)C)OC(=O)CCCCCCCCCCCCCCCCCCC(C)C)OC(=O)CCCCCCCCCCCCC(C)CC. The van der Waals surface area contributed by atoms with Gasteiger partial charge in [-0.3, -0.25) is 37.3 Å². The van der Waals surface area contributed by atoms with Crippen molar-refractivity contribution in [3.05, 3.63) is 0 Å². The number of aliphatic hydroxyl groups excluding tert-OH is 1. The van der Waals surface area contributed by atoms with Gasteiger partial charge in [0.05, 0.1) is 26.4 Å². The minimum atomic E-state index is -4.96. The fourth-order valence-corrected chi connectivity index (χ4v) is 13.1. The first-order chi connectivity index (χ1) is 45.8. The molecule has 0 heterocycles. The maximum atomic E-state index is 13.1. The highest BCUT2D eigenvalue weighted by Gasteiger charge is 2.30. The van der Waals surface area contributed by atoms with E-state index in [1.165, 1.54) is 186 Å². The Balaban J connectivity index is 5.20. The molecule has 0 spiro atoms. The number of esters is 4. The molecular weight excluding hydrogens is 1250 g/mol. The number of unbranched alkanes of at least 4 members (excludes halogenated alkanes) is 41. The summed E-state index contributed by atoms with van der Waals surface area (Å²) in [6.07, 6.45) is 52.8. The molecule has 19 heteroatoms. The van der Waals surface area contributed by atoms with Crippen LogP contribution in [-0.2, 0) is 65.4 Å². The van der Waals surface area contributed by atoms with Crippen molar-refractivity contribution >= 4 is 39.5 Å². The molecule has 0 aromatic rings. The summed E-state index contributed by atoms with van der Waals surface area (Å²) < 4.78 is 68.4. The monoisotopic (exact) mass is 1400 g/mol. The smallest absolute Gasteiger partial charge is 0.462 e. The first-order valence-electron chi connectivity index (χ1n) is 39.4. The van der Waals surface area contributed by atoms with E-state index >= 15 is 0 Å². The topological polar surface area (TPSA) is 237 Å². The Hall–Kier alpha value is -1.94. The van der Waals surface area contributed by atoms with Crippen LogP contribution in [0.5, 0.6) is 0 Å². The lowest BCUT2D eigenvalue weighted by Crippen LogP contribution is -2.30. The Morgan fingerprint density at radius 1 is 0.305 bits per heavy atom. The van der Waals surface area contributed by atoms with E-state index in [0.29, 0.717) is 25.7 Å². The number of rotatable bonds is 74. The van der Waals surface area contributed by atoms with Crippen molar-refractivity contribution in [2.75, 3.05) is 39.6 Å². The van der Waals surface area contributed by atoms with Crippen LogP contribution in [0, 0.1) is 17.8 Å². The van der Waals surface area contributed by atoms with Crippen molar-refractivity contribution in [1.82, 2.24) is 0 Å². The van der Waals surface area contributed by atoms with Gasteiger partial charge in [0.15, 0.2) is 12.2 Å². The van der Waals surface area contributed by atoms with E-state index in [9.17, 15) is 43.2 Å². The molecule has 17 nitrogen and oxygen atoms in total. The Bertz CT molecular complexity index is 1850. The second-order valence-electron chi connectivity index (χ2n) is 28.6. The van der Waals surface area contributed by atoms with Crippen LogP contribution in [0.4, 0.5) is 0 Å². The predicted molar refractivity (Wildman–Crippen MR) is 386 cm³/mol. The van der Waals surface area contributed by atoms with Gasteiger partial charge in [-0.25, -0.2) is 9.13 Å². The Morgan fingerprint density at radius 3 is 0.800 bits per heavy atom. The summed E-state index contributed by atoms with van der Waals surface area (Å²) in [5.41, 5.74) is 0. The second kappa shape index (κ2) is 66.6. The molecule has 3 unspecified atom stereocenters. The van der Waals surface area contributed by atoms with E-state index in [4.69, 9.17) is 37.0 Å². The summed E-state index contributed by atoms with van der Waals surface area (Å²) in [5.74, 6) is 0.273. The van der Waals surface area contributed by atoms with Crippen LogP contribution >= 0.6 is 15.6 Å². The van der Waals surface area contributed by atoms with Gasteiger partial charge in [-0.2, -0.15) is 0 Å². The van der Waals surface area contributed by atoms with Crippen molar-refractivity contribution in [3.63, 3.8) is 0 Å². The van der Waals surface area contributed by atoms with Crippen LogP contribution < -0.4 is 0 Å². The molecule has 6 atom stereocenters. The zero-order chi connectivity index (χ0) is 70.1. The van der Waals surface area contributed by atoms with Crippen LogP contribution in [0.2, 0.25) is 0 Å². The first kappa shape index (κ1) is 93.1. The number of carbonyl (C=O) groups is 4. The maximum absolute atomic E-state index is 13.1. The van der Waals surface area contributed by atoms with E-state index in [1.807, 2.05) is 0 Å². The molecule has 0 aliphatic heterocycles. The van der Waals surface area contributed by atoms with Gasteiger partial charge in [-0.05, 0) is 43.4 Å². The van der Waals surface area contributed by atoms with Crippen LogP contribution in [0.1, 0.15) is 389 Å². The van der Waals surface area contributed by atoms with E-state index in [2.05, 4.69) is 48.5 Å². The molecule has 3 N–H and O–H groups in total. The van der Waals surface area contributed by atoms with Crippen molar-refractivity contribution in [2.45, 2.75) is 407 Å². The fraction of sp³-hybridized carbons (Fsp3) is 0.947. The van der Waals surface area contributed by atoms with Gasteiger partial charge in [0.25, 0.3) is 0 Å². The largest absolute Gasteiger partial charge is 0.472 e. The van der Waals surface area contributed by atoms with Crippen LogP contribution in [0.15, 0.2) is 0 Å². The molecule has 0 fully saturated rings. The van der Waals surface area contributed by atoms with Crippen LogP contribution in [0.3, 0.4) is 0 Å². The number of hydrogen-bond donors (Lipinski definition) is 3. The summed E-state index contributed by atoms with van der Waals surface area (Å²) in [4.78, 5) is 72.7. The third kappa shape index (κ3) is 69.0. The highest BCUT2D eigenvalue weighted by molar-refractivity contribution is 7.47. The minimum absolute atomic E-state index is 0.106. The molecular formula is C76H148O17P2. The van der Waals surface area contributed by atoms with Crippen LogP contribution in [-0.4, -0.2) is 96.7 Å². The van der Waals surface area contributed by atoms with Gasteiger partial charge in [0, 0.05) is 25.7 Å². The normalized spacial score (nSPS) is 14.4. The van der Waals surface area contributed by atoms with E-state index in [0.717, 1.165) is 120 Å². The number of ether oxygens (including phenoxy) is 4. The summed E-state index contributed by atoms with van der Waals surface area (Å²) in [6, 6.07) is 0. The van der Waals surface area contributed by atoms with Gasteiger partial charge in [0.2, 0.25) is 0 Å². The lowest BCUT2D eigenvalue weighted by molar-refractivity contribution is -0.161. The molecule has 0 saturated carbocycles. The summed E-state index contributed by atoms with van der Waals surface area (Å²) in [6.45, 7) is 11.9.